The van der Waals surface area contributed by atoms with Crippen LogP contribution >= 0.6 is 23.2 Å². The molecule has 0 unspecified atom stereocenters. The van der Waals surface area contributed by atoms with E-state index in [4.69, 9.17) is 23.2 Å². The lowest BCUT2D eigenvalue weighted by Gasteiger charge is -2.50. The number of hydrogen-bond donors (Lipinski definition) is 2. The Hall–Kier alpha value is -6.39. The fraction of sp³-hybridized carbons (Fsp3) is 0.250. The number of rotatable bonds is 8. The number of nitro groups is 2. The third kappa shape index (κ3) is 5.68. The van der Waals surface area contributed by atoms with Crippen LogP contribution in [-0.2, 0) is 24.6 Å². The van der Waals surface area contributed by atoms with Gasteiger partial charge >= 0.3 is 11.4 Å². The maximum Gasteiger partial charge on any atom is 0.301 e. The van der Waals surface area contributed by atoms with E-state index in [-0.39, 0.29) is 46.2 Å². The van der Waals surface area contributed by atoms with E-state index in [0.29, 0.717) is 16.2 Å². The lowest BCUT2D eigenvalue weighted by Crippen LogP contribution is -2.53. The van der Waals surface area contributed by atoms with Crippen LogP contribution in [0.15, 0.2) is 90.5 Å². The summed E-state index contributed by atoms with van der Waals surface area (Å²) in [7, 11) is 2.77. The van der Waals surface area contributed by atoms with Crippen molar-refractivity contribution in [3.05, 3.63) is 138 Å². The summed E-state index contributed by atoms with van der Waals surface area (Å²) in [5, 5.41) is 37.3. The highest BCUT2D eigenvalue weighted by Gasteiger charge is 2.70. The summed E-state index contributed by atoms with van der Waals surface area (Å²) in [5.41, 5.74) is 0.101. The zero-order valence-electron chi connectivity index (χ0n) is 30.5. The molecular weight excluding hydrogens is 798 g/mol. The van der Waals surface area contributed by atoms with Gasteiger partial charge in [0.25, 0.3) is 11.8 Å². The molecule has 4 aliphatic rings. The summed E-state index contributed by atoms with van der Waals surface area (Å²) >= 11 is 12.9. The molecule has 58 heavy (non-hydrogen) atoms. The number of hydrazine groups is 1. The van der Waals surface area contributed by atoms with E-state index >= 15 is 4.79 Å². The van der Waals surface area contributed by atoms with Crippen LogP contribution in [0.2, 0.25) is 10.0 Å². The maximum atomic E-state index is 15.3. The van der Waals surface area contributed by atoms with Crippen molar-refractivity contribution in [2.75, 3.05) is 29.3 Å². The number of carbonyl (C=O) groups is 4. The minimum atomic E-state index is -1.80. The number of halogens is 3. The number of allylic oxidation sites excluding steroid dienone is 2. The van der Waals surface area contributed by atoms with Gasteiger partial charge in [-0.05, 0) is 78.9 Å². The molecule has 1 saturated carbocycles. The highest BCUT2D eigenvalue weighted by atomic mass is 35.5. The number of amides is 4. The van der Waals surface area contributed by atoms with E-state index < -0.39 is 85.7 Å². The number of fused-ring (bicyclic) bond motifs is 4. The number of carbonyl (C=O) groups excluding carboxylic acids is 4. The van der Waals surface area contributed by atoms with Gasteiger partial charge in [0.15, 0.2) is 5.69 Å². The third-order valence-electron chi connectivity index (χ3n) is 11.7. The number of aromatic hydroxyl groups is 1. The zero-order valence-corrected chi connectivity index (χ0v) is 32.0. The molecule has 2 aliphatic heterocycles. The predicted octanol–water partition coefficient (Wildman–Crippen LogP) is 6.91. The average molecular weight is 830 g/mol. The van der Waals surface area contributed by atoms with Crippen LogP contribution < -0.4 is 15.2 Å². The Morgan fingerprint density at radius 3 is 2.07 bits per heavy atom. The number of nitro benzene ring substituents is 2. The van der Waals surface area contributed by atoms with Gasteiger partial charge in [-0.1, -0.05) is 47.0 Å². The highest BCUT2D eigenvalue weighted by molar-refractivity contribution is 6.31. The van der Waals surface area contributed by atoms with E-state index in [0.717, 1.165) is 34.2 Å². The Morgan fingerprint density at radius 2 is 1.47 bits per heavy atom. The fourth-order valence-corrected chi connectivity index (χ4v) is 9.77. The molecule has 2 heterocycles. The summed E-state index contributed by atoms with van der Waals surface area (Å²) in [6, 6.07) is 17.4. The van der Waals surface area contributed by atoms with Crippen molar-refractivity contribution < 1.29 is 38.5 Å². The molecule has 3 fully saturated rings. The maximum absolute atomic E-state index is 15.3. The van der Waals surface area contributed by atoms with Crippen LogP contribution in [0.5, 0.6) is 5.75 Å². The normalized spacial score (nSPS) is 24.9. The molecule has 2 saturated heterocycles. The van der Waals surface area contributed by atoms with Crippen molar-refractivity contribution in [1.29, 1.82) is 0 Å². The van der Waals surface area contributed by atoms with Crippen LogP contribution in [0.4, 0.5) is 32.8 Å². The lowest BCUT2D eigenvalue weighted by molar-refractivity contribution is -0.392. The summed E-state index contributed by atoms with van der Waals surface area (Å²) < 4.78 is 13.9. The molecule has 0 spiro atoms. The van der Waals surface area contributed by atoms with E-state index in [1.165, 1.54) is 49.3 Å². The molecule has 4 amide bonds. The summed E-state index contributed by atoms with van der Waals surface area (Å²) in [4.78, 5) is 83.8. The summed E-state index contributed by atoms with van der Waals surface area (Å²) in [6.07, 6.45) is 1.50. The van der Waals surface area contributed by atoms with Crippen molar-refractivity contribution in [2.24, 2.45) is 23.7 Å². The molecule has 8 rings (SSSR count). The van der Waals surface area contributed by atoms with Crippen LogP contribution in [0.25, 0.3) is 0 Å². The van der Waals surface area contributed by atoms with Crippen LogP contribution in [-0.4, -0.2) is 57.7 Å². The molecule has 296 valence electrons. The van der Waals surface area contributed by atoms with Crippen molar-refractivity contribution >= 4 is 75.3 Å². The number of nitrogens with zero attached hydrogens (tertiary/aromatic N) is 5. The summed E-state index contributed by atoms with van der Waals surface area (Å²) in [5.74, 6) is -9.42. The van der Waals surface area contributed by atoms with Gasteiger partial charge in [0.1, 0.15) is 11.6 Å². The topological polar surface area (TPSA) is 197 Å². The fourth-order valence-electron chi connectivity index (χ4n) is 9.47. The van der Waals surface area contributed by atoms with Gasteiger partial charge in [-0.15, -0.1) is 0 Å². The smallest absolute Gasteiger partial charge is 0.301 e. The molecule has 2 aliphatic carbocycles. The molecule has 0 aromatic heterocycles. The van der Waals surface area contributed by atoms with Crippen molar-refractivity contribution in [3.63, 3.8) is 0 Å². The molecule has 6 atom stereocenters. The number of phenolic OH excluding ortho intramolecular Hbond substituents is 1. The number of hydrogen-bond acceptors (Lipinski definition) is 11. The Balaban J connectivity index is 1.32. The van der Waals surface area contributed by atoms with Gasteiger partial charge in [-0.2, -0.15) is 5.01 Å². The van der Waals surface area contributed by atoms with Crippen LogP contribution in [0, 0.1) is 49.7 Å². The number of nitrogens with one attached hydrogen (secondary N) is 1. The first-order valence-electron chi connectivity index (χ1n) is 17.9. The average Bonchev–Trinajstić information content (AvgIpc) is 3.56. The molecule has 15 nitrogen and oxygen atoms in total. The van der Waals surface area contributed by atoms with Gasteiger partial charge in [-0.3, -0.25) is 44.8 Å². The molecule has 4 aromatic carbocycles. The quantitative estimate of drug-likeness (QED) is 0.0811. The van der Waals surface area contributed by atoms with Gasteiger partial charge in [0.2, 0.25) is 11.8 Å². The minimum absolute atomic E-state index is 0.0591. The van der Waals surface area contributed by atoms with Gasteiger partial charge in [0.05, 0.1) is 44.4 Å². The Kier molecular flexibility index (Phi) is 9.23. The van der Waals surface area contributed by atoms with Gasteiger partial charge in [-0.25, -0.2) is 9.29 Å². The second-order valence-electron chi connectivity index (χ2n) is 14.8. The molecular formula is C40H31Cl2FN6O9. The Labute approximate surface area is 338 Å². The molecule has 0 bridgehead atoms. The standard InChI is InChI=1S/C40H31Cl2FN6O9/c1-45(2)35-30(48(55)56)16-24(17-31(35)49(57)58)46-36(51)26-13-12-25-27(33(26)38(46)53)18-29-37(52)47(44-23-10-8-22(43)9-11-23)39(54)40(29,19-3-5-20(41)6-4-19)34(25)28-15-21(42)7-14-32(28)50/h3-12,14-17,26-27,29,33-34,44,50H,13,18H2,1-2H3/t26-,27+,29-,33-,34+,40+/m0/s1. The number of phenols is 1. The van der Waals surface area contributed by atoms with Crippen molar-refractivity contribution in [1.82, 2.24) is 5.01 Å². The van der Waals surface area contributed by atoms with Crippen molar-refractivity contribution in [3.8, 4) is 5.75 Å². The van der Waals surface area contributed by atoms with E-state index in [1.54, 1.807) is 30.3 Å². The zero-order chi connectivity index (χ0) is 41.5. The van der Waals surface area contributed by atoms with Crippen LogP contribution in [0.1, 0.15) is 29.9 Å². The van der Waals surface area contributed by atoms with Crippen LogP contribution in [0.3, 0.4) is 0 Å². The third-order valence-corrected chi connectivity index (χ3v) is 12.2. The lowest BCUT2D eigenvalue weighted by atomic mass is 9.49. The van der Waals surface area contributed by atoms with E-state index in [9.17, 15) is 44.1 Å². The first-order valence-corrected chi connectivity index (χ1v) is 18.7. The Bertz CT molecular complexity index is 2480. The van der Waals surface area contributed by atoms with Gasteiger partial charge < -0.3 is 10.0 Å². The number of anilines is 3. The molecule has 0 radical (unpaired) electrons. The molecule has 2 N–H and O–H groups in total. The Morgan fingerprint density at radius 1 is 0.845 bits per heavy atom. The number of imide groups is 2. The molecule has 18 heteroatoms. The van der Waals surface area contributed by atoms with Gasteiger partial charge in [0, 0.05) is 47.8 Å². The SMILES string of the molecule is CN(C)c1c([N+](=O)[O-])cc(N2C(=O)[C@H]3[C@H](CC=C4[C@H]3C[C@H]3C(=O)N(Nc5ccc(F)cc5)C(=O)[C@@]3(c3ccc(Cl)cc3)[C@H]4c3cc(Cl)ccc3O)C2=O)cc1[N+](=O)[O-]. The number of benzene rings is 4. The second kappa shape index (κ2) is 13.9. The second-order valence-corrected chi connectivity index (χ2v) is 15.7. The van der Waals surface area contributed by atoms with Crippen molar-refractivity contribution in [2.45, 2.75) is 24.2 Å². The van der Waals surface area contributed by atoms with E-state index in [2.05, 4.69) is 5.43 Å². The summed E-state index contributed by atoms with van der Waals surface area (Å²) in [6.45, 7) is 0. The largest absolute Gasteiger partial charge is 0.508 e. The first kappa shape index (κ1) is 38.5. The first-order chi connectivity index (χ1) is 27.6. The molecule has 4 aromatic rings. The monoisotopic (exact) mass is 828 g/mol. The highest BCUT2D eigenvalue weighted by Crippen LogP contribution is 2.65. The predicted molar refractivity (Wildman–Crippen MR) is 209 cm³/mol. The van der Waals surface area contributed by atoms with E-state index in [1.807, 2.05) is 0 Å². The minimum Gasteiger partial charge on any atom is -0.508 e.